The fourth-order valence-electron chi connectivity index (χ4n) is 2.94. The van der Waals surface area contributed by atoms with Crippen LogP contribution in [0.25, 0.3) is 0 Å². The molecule has 0 atom stereocenters. The second-order valence-corrected chi connectivity index (χ2v) is 6.83. The molecule has 0 saturated carbocycles. The Balaban J connectivity index is 1.80. The van der Waals surface area contributed by atoms with Crippen molar-refractivity contribution >= 4 is 5.91 Å². The number of hydrogen-bond donors (Lipinski definition) is 0. The Kier molecular flexibility index (Phi) is 5.56. The maximum atomic E-state index is 12.7. The second kappa shape index (κ2) is 8.04. The average molecular weight is 351 g/mol. The highest BCUT2D eigenvalue weighted by molar-refractivity contribution is 5.78. The van der Waals surface area contributed by atoms with Gasteiger partial charge < -0.3 is 13.9 Å². The number of imidazole rings is 1. The summed E-state index contributed by atoms with van der Waals surface area (Å²) in [7, 11) is 0. The molecular formula is C21H25N3O2. The molecule has 2 heterocycles. The third-order valence-electron chi connectivity index (χ3n) is 4.47. The van der Waals surface area contributed by atoms with Crippen LogP contribution < -0.4 is 0 Å². The van der Waals surface area contributed by atoms with Gasteiger partial charge in [0.25, 0.3) is 0 Å². The lowest BCUT2D eigenvalue weighted by Crippen LogP contribution is -2.34. The minimum absolute atomic E-state index is 0.0789. The fraction of sp³-hybridized carbons (Fsp3) is 0.333. The van der Waals surface area contributed by atoms with E-state index in [-0.39, 0.29) is 11.8 Å². The molecule has 0 aliphatic rings. The van der Waals surface area contributed by atoms with E-state index in [0.717, 1.165) is 18.1 Å². The number of aryl methyl sites for hydroxylation is 1. The zero-order valence-electron chi connectivity index (χ0n) is 15.6. The molecule has 0 bridgehead atoms. The SMILES string of the molecule is Cc1ccccc1Cn1ccnc1CN(Cc1ccco1)C(=O)C(C)C. The topological polar surface area (TPSA) is 51.3 Å². The van der Waals surface area contributed by atoms with E-state index in [1.165, 1.54) is 11.1 Å². The molecule has 0 aliphatic carbocycles. The van der Waals surface area contributed by atoms with Crippen LogP contribution in [0.4, 0.5) is 0 Å². The molecule has 1 aromatic carbocycles. The number of amides is 1. The van der Waals surface area contributed by atoms with Gasteiger partial charge in [-0.2, -0.15) is 0 Å². The zero-order valence-corrected chi connectivity index (χ0v) is 15.6. The number of carbonyl (C=O) groups excluding carboxylic acids is 1. The van der Waals surface area contributed by atoms with E-state index in [0.29, 0.717) is 13.1 Å². The summed E-state index contributed by atoms with van der Waals surface area (Å²) in [5.41, 5.74) is 2.50. The molecular weight excluding hydrogens is 326 g/mol. The molecule has 2 aromatic heterocycles. The lowest BCUT2D eigenvalue weighted by atomic mass is 10.1. The normalized spacial score (nSPS) is 11.1. The molecule has 5 nitrogen and oxygen atoms in total. The summed E-state index contributed by atoms with van der Waals surface area (Å²) in [5, 5.41) is 0. The zero-order chi connectivity index (χ0) is 18.5. The van der Waals surface area contributed by atoms with E-state index in [9.17, 15) is 4.79 Å². The average Bonchev–Trinajstić information content (AvgIpc) is 3.28. The van der Waals surface area contributed by atoms with Gasteiger partial charge in [-0.1, -0.05) is 38.1 Å². The first-order valence-corrected chi connectivity index (χ1v) is 8.90. The first-order valence-electron chi connectivity index (χ1n) is 8.90. The summed E-state index contributed by atoms with van der Waals surface area (Å²) in [6, 6.07) is 12.0. The predicted octanol–water partition coefficient (Wildman–Crippen LogP) is 4.02. The first-order chi connectivity index (χ1) is 12.5. The fourth-order valence-corrected chi connectivity index (χ4v) is 2.94. The second-order valence-electron chi connectivity index (χ2n) is 6.83. The van der Waals surface area contributed by atoms with Gasteiger partial charge in [0.1, 0.15) is 11.6 Å². The molecule has 26 heavy (non-hydrogen) atoms. The van der Waals surface area contributed by atoms with Crippen LogP contribution in [0.5, 0.6) is 0 Å². The van der Waals surface area contributed by atoms with E-state index in [2.05, 4.69) is 28.6 Å². The van der Waals surface area contributed by atoms with Crippen LogP contribution in [0.15, 0.2) is 59.5 Å². The van der Waals surface area contributed by atoms with Gasteiger partial charge in [0, 0.05) is 24.9 Å². The Bertz CT molecular complexity index is 850. The smallest absolute Gasteiger partial charge is 0.225 e. The molecule has 0 N–H and O–H groups in total. The molecule has 0 saturated heterocycles. The predicted molar refractivity (Wildman–Crippen MR) is 100 cm³/mol. The van der Waals surface area contributed by atoms with Gasteiger partial charge in [0.15, 0.2) is 0 Å². The molecule has 0 spiro atoms. The number of aromatic nitrogens is 2. The Morgan fingerprint density at radius 3 is 2.69 bits per heavy atom. The van der Waals surface area contributed by atoms with Gasteiger partial charge in [-0.05, 0) is 30.2 Å². The van der Waals surface area contributed by atoms with Crippen molar-refractivity contribution in [3.8, 4) is 0 Å². The molecule has 0 fully saturated rings. The van der Waals surface area contributed by atoms with E-state index in [1.54, 1.807) is 17.4 Å². The van der Waals surface area contributed by atoms with Gasteiger partial charge in [0.2, 0.25) is 5.91 Å². The molecule has 0 radical (unpaired) electrons. The van der Waals surface area contributed by atoms with Crippen LogP contribution >= 0.6 is 0 Å². The Labute approximate surface area is 154 Å². The number of benzene rings is 1. The van der Waals surface area contributed by atoms with E-state index < -0.39 is 0 Å². The van der Waals surface area contributed by atoms with Crippen molar-refractivity contribution in [2.75, 3.05) is 0 Å². The lowest BCUT2D eigenvalue weighted by Gasteiger charge is -2.24. The summed E-state index contributed by atoms with van der Waals surface area (Å²) < 4.78 is 7.54. The summed E-state index contributed by atoms with van der Waals surface area (Å²) in [6.07, 6.45) is 5.39. The maximum absolute atomic E-state index is 12.7. The largest absolute Gasteiger partial charge is 0.467 e. The minimum Gasteiger partial charge on any atom is -0.467 e. The number of hydrogen-bond acceptors (Lipinski definition) is 3. The van der Waals surface area contributed by atoms with Crippen molar-refractivity contribution in [1.29, 1.82) is 0 Å². The lowest BCUT2D eigenvalue weighted by molar-refractivity contribution is -0.136. The van der Waals surface area contributed by atoms with E-state index in [4.69, 9.17) is 4.42 Å². The van der Waals surface area contributed by atoms with Crippen LogP contribution in [-0.2, 0) is 24.4 Å². The minimum atomic E-state index is -0.0789. The molecule has 3 aromatic rings. The Morgan fingerprint density at radius 2 is 2.00 bits per heavy atom. The summed E-state index contributed by atoms with van der Waals surface area (Å²) in [4.78, 5) is 19.0. The van der Waals surface area contributed by atoms with Crippen molar-refractivity contribution in [3.05, 3.63) is 77.8 Å². The van der Waals surface area contributed by atoms with Gasteiger partial charge in [0.05, 0.1) is 19.4 Å². The third-order valence-corrected chi connectivity index (χ3v) is 4.47. The van der Waals surface area contributed by atoms with Crippen molar-refractivity contribution < 1.29 is 9.21 Å². The van der Waals surface area contributed by atoms with Gasteiger partial charge in [-0.25, -0.2) is 4.98 Å². The summed E-state index contributed by atoms with van der Waals surface area (Å²) in [6.45, 7) is 7.58. The van der Waals surface area contributed by atoms with Crippen LogP contribution in [-0.4, -0.2) is 20.4 Å². The number of carbonyl (C=O) groups is 1. The number of nitrogens with zero attached hydrogens (tertiary/aromatic N) is 3. The van der Waals surface area contributed by atoms with Crippen molar-refractivity contribution in [2.24, 2.45) is 5.92 Å². The van der Waals surface area contributed by atoms with Crippen molar-refractivity contribution in [1.82, 2.24) is 14.5 Å². The number of rotatable bonds is 7. The van der Waals surface area contributed by atoms with Crippen LogP contribution in [0.2, 0.25) is 0 Å². The van der Waals surface area contributed by atoms with Gasteiger partial charge in [-0.15, -0.1) is 0 Å². The van der Waals surface area contributed by atoms with Crippen molar-refractivity contribution in [2.45, 2.75) is 40.4 Å². The molecule has 136 valence electrons. The molecule has 3 rings (SSSR count). The molecule has 1 amide bonds. The summed E-state index contributed by atoms with van der Waals surface area (Å²) in [5.74, 6) is 1.65. The molecule has 0 aliphatic heterocycles. The van der Waals surface area contributed by atoms with E-state index in [1.807, 2.05) is 44.3 Å². The maximum Gasteiger partial charge on any atom is 0.225 e. The monoisotopic (exact) mass is 351 g/mol. The van der Waals surface area contributed by atoms with Gasteiger partial charge >= 0.3 is 0 Å². The van der Waals surface area contributed by atoms with Gasteiger partial charge in [-0.3, -0.25) is 4.79 Å². The first kappa shape index (κ1) is 18.0. The highest BCUT2D eigenvalue weighted by Gasteiger charge is 2.20. The van der Waals surface area contributed by atoms with E-state index >= 15 is 0 Å². The third kappa shape index (κ3) is 4.23. The highest BCUT2D eigenvalue weighted by atomic mass is 16.3. The van der Waals surface area contributed by atoms with Crippen LogP contribution in [0.1, 0.15) is 36.6 Å². The number of furan rings is 1. The molecule has 5 heteroatoms. The van der Waals surface area contributed by atoms with Crippen LogP contribution in [0, 0.1) is 12.8 Å². The Morgan fingerprint density at radius 1 is 1.19 bits per heavy atom. The quantitative estimate of drug-likeness (QED) is 0.646. The van der Waals surface area contributed by atoms with Crippen molar-refractivity contribution in [3.63, 3.8) is 0 Å². The Hall–Kier alpha value is -2.82. The molecule has 0 unspecified atom stereocenters. The summed E-state index contributed by atoms with van der Waals surface area (Å²) >= 11 is 0. The van der Waals surface area contributed by atoms with Crippen LogP contribution in [0.3, 0.4) is 0 Å². The highest BCUT2D eigenvalue weighted by Crippen LogP contribution is 2.15. The standard InChI is InChI=1S/C21H25N3O2/c1-16(2)21(25)24(14-19-9-6-12-26-19)15-20-22-10-11-23(20)13-18-8-5-4-7-17(18)3/h4-12,16H,13-15H2,1-3H3.